The number of hydrogen-bond acceptors (Lipinski definition) is 3. The Bertz CT molecular complexity index is 747. The van der Waals surface area contributed by atoms with Crippen molar-refractivity contribution in [3.05, 3.63) is 41.8 Å². The molecule has 1 aromatic carbocycles. The molecule has 1 saturated heterocycles. The summed E-state index contributed by atoms with van der Waals surface area (Å²) >= 11 is 0. The molecular formula is C16H15FN2O3. The summed E-state index contributed by atoms with van der Waals surface area (Å²) in [6.07, 6.45) is 2.87. The van der Waals surface area contributed by atoms with Crippen molar-refractivity contribution in [2.45, 2.75) is 25.3 Å². The number of rotatable bonds is 3. The van der Waals surface area contributed by atoms with Gasteiger partial charge in [0.25, 0.3) is 5.91 Å². The van der Waals surface area contributed by atoms with Gasteiger partial charge in [-0.05, 0) is 31.0 Å². The molecule has 0 saturated carbocycles. The summed E-state index contributed by atoms with van der Waals surface area (Å²) in [5, 5.41) is 9.50. The van der Waals surface area contributed by atoms with Crippen molar-refractivity contribution >= 4 is 22.8 Å². The topological polar surface area (TPSA) is 70.5 Å². The average molecular weight is 302 g/mol. The molecule has 1 amide bonds. The Morgan fingerprint density at radius 3 is 3.00 bits per heavy atom. The standard InChI is InChI=1S/C16H15FN2O3/c17-11-7-10-3-1-5-18-15(10)13(8-11)16(22)19-6-2-4-12(19)9-14(20)21/h1,3,5,7-8,12H,2,4,6,9H2,(H,20,21). The third-order valence-electron chi connectivity index (χ3n) is 3.95. The number of amides is 1. The first-order valence-corrected chi connectivity index (χ1v) is 7.13. The fraction of sp³-hybridized carbons (Fsp3) is 0.312. The van der Waals surface area contributed by atoms with Crippen LogP contribution < -0.4 is 0 Å². The second kappa shape index (κ2) is 5.71. The van der Waals surface area contributed by atoms with Crippen molar-refractivity contribution in [2.24, 2.45) is 0 Å². The van der Waals surface area contributed by atoms with Gasteiger partial charge in [-0.3, -0.25) is 14.6 Å². The van der Waals surface area contributed by atoms with E-state index >= 15 is 0 Å². The second-order valence-electron chi connectivity index (χ2n) is 5.42. The number of carbonyl (C=O) groups is 2. The molecule has 0 aliphatic carbocycles. The Kier molecular flexibility index (Phi) is 3.75. The van der Waals surface area contributed by atoms with Gasteiger partial charge in [-0.1, -0.05) is 6.07 Å². The number of carboxylic acids is 1. The normalized spacial score (nSPS) is 17.9. The smallest absolute Gasteiger partial charge is 0.305 e. The van der Waals surface area contributed by atoms with E-state index in [0.717, 1.165) is 6.42 Å². The van der Waals surface area contributed by atoms with E-state index in [2.05, 4.69) is 4.98 Å². The van der Waals surface area contributed by atoms with E-state index in [0.29, 0.717) is 23.9 Å². The van der Waals surface area contributed by atoms with Crippen LogP contribution in [0.1, 0.15) is 29.6 Å². The summed E-state index contributed by atoms with van der Waals surface area (Å²) in [5.41, 5.74) is 0.628. The molecule has 1 aliphatic rings. The van der Waals surface area contributed by atoms with Gasteiger partial charge in [0.1, 0.15) is 5.82 Å². The van der Waals surface area contributed by atoms with Crippen molar-refractivity contribution in [1.82, 2.24) is 9.88 Å². The van der Waals surface area contributed by atoms with Crippen LogP contribution in [0.5, 0.6) is 0 Å². The number of aliphatic carboxylic acids is 1. The first kappa shape index (κ1) is 14.4. The highest BCUT2D eigenvalue weighted by molar-refractivity contribution is 6.05. The number of pyridine rings is 1. The lowest BCUT2D eigenvalue weighted by molar-refractivity contribution is -0.137. The minimum atomic E-state index is -0.938. The summed E-state index contributed by atoms with van der Waals surface area (Å²) in [7, 11) is 0. The first-order chi connectivity index (χ1) is 10.6. The SMILES string of the molecule is O=C(O)CC1CCCN1C(=O)c1cc(F)cc2cccnc12. The van der Waals surface area contributed by atoms with Gasteiger partial charge in [0.2, 0.25) is 0 Å². The molecule has 1 aromatic heterocycles. The van der Waals surface area contributed by atoms with Gasteiger partial charge < -0.3 is 10.0 Å². The molecule has 5 nitrogen and oxygen atoms in total. The summed E-state index contributed by atoms with van der Waals surface area (Å²) < 4.78 is 13.8. The minimum absolute atomic E-state index is 0.0909. The maximum Gasteiger partial charge on any atom is 0.305 e. The van der Waals surface area contributed by atoms with Crippen LogP contribution in [0.2, 0.25) is 0 Å². The molecule has 1 atom stereocenters. The maximum atomic E-state index is 13.8. The monoisotopic (exact) mass is 302 g/mol. The maximum absolute atomic E-state index is 13.8. The molecule has 1 aliphatic heterocycles. The zero-order valence-electron chi connectivity index (χ0n) is 11.8. The van der Waals surface area contributed by atoms with Crippen LogP contribution in [0.3, 0.4) is 0 Å². The second-order valence-corrected chi connectivity index (χ2v) is 5.42. The quantitative estimate of drug-likeness (QED) is 0.945. The van der Waals surface area contributed by atoms with E-state index in [1.54, 1.807) is 18.3 Å². The Morgan fingerprint density at radius 2 is 2.23 bits per heavy atom. The number of aromatic nitrogens is 1. The number of likely N-dealkylation sites (tertiary alicyclic amines) is 1. The van der Waals surface area contributed by atoms with Gasteiger partial charge in [-0.2, -0.15) is 0 Å². The Labute approximate surface area is 126 Å². The first-order valence-electron chi connectivity index (χ1n) is 7.13. The average Bonchev–Trinajstić information content (AvgIpc) is 2.92. The number of carbonyl (C=O) groups excluding carboxylic acids is 1. The third kappa shape index (κ3) is 2.64. The van der Waals surface area contributed by atoms with Gasteiger partial charge in [0.05, 0.1) is 17.5 Å². The molecular weight excluding hydrogens is 287 g/mol. The number of fused-ring (bicyclic) bond motifs is 1. The van der Waals surface area contributed by atoms with E-state index < -0.39 is 11.8 Å². The van der Waals surface area contributed by atoms with Crippen molar-refractivity contribution in [3.8, 4) is 0 Å². The lowest BCUT2D eigenvalue weighted by atomic mass is 10.1. The molecule has 3 rings (SSSR count). The van der Waals surface area contributed by atoms with E-state index in [4.69, 9.17) is 5.11 Å². The number of hydrogen-bond donors (Lipinski definition) is 1. The predicted molar refractivity (Wildman–Crippen MR) is 78.0 cm³/mol. The van der Waals surface area contributed by atoms with Crippen LogP contribution in [-0.2, 0) is 4.79 Å². The zero-order chi connectivity index (χ0) is 15.7. The molecule has 0 spiro atoms. The van der Waals surface area contributed by atoms with Crippen LogP contribution in [0.25, 0.3) is 10.9 Å². The Morgan fingerprint density at radius 1 is 1.41 bits per heavy atom. The van der Waals surface area contributed by atoms with Crippen LogP contribution in [0.15, 0.2) is 30.5 Å². The summed E-state index contributed by atoms with van der Waals surface area (Å²) in [4.78, 5) is 29.3. The molecule has 114 valence electrons. The fourth-order valence-electron chi connectivity index (χ4n) is 2.99. The molecule has 0 radical (unpaired) electrons. The number of halogens is 1. The van der Waals surface area contributed by atoms with E-state index in [-0.39, 0.29) is 23.9 Å². The van der Waals surface area contributed by atoms with Crippen LogP contribution >= 0.6 is 0 Å². The van der Waals surface area contributed by atoms with Crippen LogP contribution in [0.4, 0.5) is 4.39 Å². The zero-order valence-corrected chi connectivity index (χ0v) is 11.8. The summed E-state index contributed by atoms with van der Waals surface area (Å²) in [5.74, 6) is -1.79. The number of benzene rings is 1. The van der Waals surface area contributed by atoms with Crippen molar-refractivity contribution in [2.75, 3.05) is 6.54 Å². The molecule has 1 unspecified atom stereocenters. The Hall–Kier alpha value is -2.50. The highest BCUT2D eigenvalue weighted by Crippen LogP contribution is 2.26. The van der Waals surface area contributed by atoms with Gasteiger partial charge in [0.15, 0.2) is 0 Å². The lowest BCUT2D eigenvalue weighted by Gasteiger charge is -2.24. The van der Waals surface area contributed by atoms with Crippen LogP contribution in [0, 0.1) is 5.82 Å². The van der Waals surface area contributed by atoms with E-state index in [1.165, 1.54) is 17.0 Å². The number of nitrogens with zero attached hydrogens (tertiary/aromatic N) is 2. The molecule has 1 N–H and O–H groups in total. The molecule has 2 aromatic rings. The number of carboxylic acid groups (broad SMARTS) is 1. The summed E-state index contributed by atoms with van der Waals surface area (Å²) in [6.45, 7) is 0.488. The van der Waals surface area contributed by atoms with Crippen molar-refractivity contribution in [3.63, 3.8) is 0 Å². The summed E-state index contributed by atoms with van der Waals surface area (Å²) in [6, 6.07) is 5.54. The van der Waals surface area contributed by atoms with Gasteiger partial charge in [0, 0.05) is 24.2 Å². The lowest BCUT2D eigenvalue weighted by Crippen LogP contribution is -2.37. The molecule has 0 bridgehead atoms. The molecule has 22 heavy (non-hydrogen) atoms. The van der Waals surface area contributed by atoms with E-state index in [1.807, 2.05) is 0 Å². The van der Waals surface area contributed by atoms with Crippen LogP contribution in [-0.4, -0.2) is 39.5 Å². The largest absolute Gasteiger partial charge is 0.481 e. The highest BCUT2D eigenvalue weighted by atomic mass is 19.1. The Balaban J connectivity index is 2.00. The highest BCUT2D eigenvalue weighted by Gasteiger charge is 2.32. The van der Waals surface area contributed by atoms with Gasteiger partial charge >= 0.3 is 5.97 Å². The fourth-order valence-corrected chi connectivity index (χ4v) is 2.99. The van der Waals surface area contributed by atoms with Gasteiger partial charge in [-0.25, -0.2) is 4.39 Å². The van der Waals surface area contributed by atoms with Crippen molar-refractivity contribution < 1.29 is 19.1 Å². The molecule has 1 fully saturated rings. The predicted octanol–water partition coefficient (Wildman–Crippen LogP) is 2.45. The third-order valence-corrected chi connectivity index (χ3v) is 3.95. The van der Waals surface area contributed by atoms with Crippen molar-refractivity contribution in [1.29, 1.82) is 0 Å². The minimum Gasteiger partial charge on any atom is -0.481 e. The van der Waals surface area contributed by atoms with E-state index in [9.17, 15) is 14.0 Å². The van der Waals surface area contributed by atoms with Gasteiger partial charge in [-0.15, -0.1) is 0 Å². The molecule has 6 heteroatoms. The molecule has 2 heterocycles.